The van der Waals surface area contributed by atoms with Gasteiger partial charge in [0.05, 0.1) is 0 Å². The maximum absolute atomic E-state index is 9.07. The molecule has 1 aliphatic heterocycles. The lowest BCUT2D eigenvalue weighted by atomic mass is 10.3. The first-order valence-electron chi connectivity index (χ1n) is 2.84. The van der Waals surface area contributed by atoms with Crippen LogP contribution in [0.4, 0.5) is 0 Å². The van der Waals surface area contributed by atoms with Crippen LogP contribution in [0.25, 0.3) is 0 Å². The summed E-state index contributed by atoms with van der Waals surface area (Å²) in [4.78, 5) is 0. The van der Waals surface area contributed by atoms with Crippen molar-refractivity contribution in [1.82, 2.24) is 0 Å². The Morgan fingerprint density at radius 1 is 1.90 bits per heavy atom. The van der Waals surface area contributed by atoms with E-state index in [0.29, 0.717) is 5.76 Å². The predicted octanol–water partition coefficient (Wildman–Crippen LogP) is -0.133. The molecule has 3 nitrogen and oxygen atoms in total. The van der Waals surface area contributed by atoms with Crippen LogP contribution in [0.1, 0.15) is 0 Å². The summed E-state index contributed by atoms with van der Waals surface area (Å²) in [6, 6.07) is 0. The van der Waals surface area contributed by atoms with Crippen LogP contribution in [0.5, 0.6) is 0 Å². The number of aliphatic hydroxyl groups is 1. The molecule has 10 heavy (non-hydrogen) atoms. The number of hydrogen-bond donors (Lipinski definition) is 1. The molecule has 0 fully saturated rings. The van der Waals surface area contributed by atoms with Crippen molar-refractivity contribution in [1.29, 1.82) is 0 Å². The van der Waals surface area contributed by atoms with Crippen LogP contribution >= 0.6 is 0 Å². The largest absolute Gasteiger partial charge is 0.454 e. The van der Waals surface area contributed by atoms with Crippen LogP contribution < -0.4 is 0 Å². The molecular formula is C7H8O3. The highest BCUT2D eigenvalue weighted by atomic mass is 16.7. The number of rotatable bonds is 1. The minimum absolute atomic E-state index is 0.333. The Kier molecular flexibility index (Phi) is 1.95. The molecule has 54 valence electrons. The van der Waals surface area contributed by atoms with Gasteiger partial charge in [-0.1, -0.05) is 0 Å². The van der Waals surface area contributed by atoms with Gasteiger partial charge >= 0.3 is 0 Å². The van der Waals surface area contributed by atoms with Gasteiger partial charge in [-0.3, -0.25) is 0 Å². The number of hydrogen-bond acceptors (Lipinski definition) is 3. The molecule has 0 amide bonds. The highest BCUT2D eigenvalue weighted by Gasteiger charge is 2.25. The fourth-order valence-corrected chi connectivity index (χ4v) is 0.737. The van der Waals surface area contributed by atoms with Gasteiger partial charge in [-0.05, 0) is 5.92 Å². The Balaban J connectivity index is 2.59. The van der Waals surface area contributed by atoms with Crippen molar-refractivity contribution in [2.24, 2.45) is 0 Å². The lowest BCUT2D eigenvalue weighted by Gasteiger charge is -2.11. The van der Waals surface area contributed by atoms with E-state index in [-0.39, 0.29) is 0 Å². The quantitative estimate of drug-likeness (QED) is 0.515. The van der Waals surface area contributed by atoms with Crippen LogP contribution in [0.3, 0.4) is 0 Å². The van der Waals surface area contributed by atoms with Crippen LogP contribution in [0, 0.1) is 12.3 Å². The van der Waals surface area contributed by atoms with Crippen molar-refractivity contribution in [2.45, 2.75) is 12.4 Å². The minimum Gasteiger partial charge on any atom is -0.454 e. The monoisotopic (exact) mass is 140 g/mol. The van der Waals surface area contributed by atoms with Gasteiger partial charge in [0.1, 0.15) is 6.10 Å². The molecule has 0 saturated heterocycles. The first-order valence-corrected chi connectivity index (χ1v) is 2.84. The maximum atomic E-state index is 9.07. The fourth-order valence-electron chi connectivity index (χ4n) is 0.737. The number of allylic oxidation sites excluding steroid dienone is 1. The normalized spacial score (nSPS) is 30.7. The molecule has 0 aromatic heterocycles. The summed E-state index contributed by atoms with van der Waals surface area (Å²) < 4.78 is 9.66. The van der Waals surface area contributed by atoms with E-state index in [2.05, 4.69) is 5.92 Å². The fraction of sp³-hybridized carbons (Fsp3) is 0.429. The highest BCUT2D eigenvalue weighted by Crippen LogP contribution is 2.16. The molecule has 0 spiro atoms. The third-order valence-electron chi connectivity index (χ3n) is 1.22. The van der Waals surface area contributed by atoms with E-state index in [1.807, 2.05) is 0 Å². The van der Waals surface area contributed by atoms with Gasteiger partial charge in [-0.15, -0.1) is 6.42 Å². The van der Waals surface area contributed by atoms with Gasteiger partial charge in [0.2, 0.25) is 6.29 Å². The van der Waals surface area contributed by atoms with Crippen molar-refractivity contribution >= 4 is 0 Å². The summed E-state index contributed by atoms with van der Waals surface area (Å²) in [5.41, 5.74) is 0. The molecule has 2 unspecified atom stereocenters. The van der Waals surface area contributed by atoms with Crippen molar-refractivity contribution < 1.29 is 14.6 Å². The average molecular weight is 140 g/mol. The van der Waals surface area contributed by atoms with Gasteiger partial charge in [0.25, 0.3) is 0 Å². The molecule has 0 saturated carbocycles. The van der Waals surface area contributed by atoms with Crippen molar-refractivity contribution in [3.8, 4) is 12.3 Å². The van der Waals surface area contributed by atoms with Crippen molar-refractivity contribution in [3.05, 3.63) is 11.8 Å². The zero-order valence-electron chi connectivity index (χ0n) is 5.57. The number of ether oxygens (including phenoxy) is 2. The third-order valence-corrected chi connectivity index (χ3v) is 1.22. The smallest absolute Gasteiger partial charge is 0.230 e. The van der Waals surface area contributed by atoms with Gasteiger partial charge in [-0.2, -0.15) is 0 Å². The third kappa shape index (κ3) is 1.13. The van der Waals surface area contributed by atoms with Crippen LogP contribution in [0.15, 0.2) is 11.8 Å². The SMILES string of the molecule is C#CC1=CC(O)C(OC)O1. The molecule has 2 atom stereocenters. The number of methoxy groups -OCH3 is 1. The lowest BCUT2D eigenvalue weighted by Crippen LogP contribution is -2.22. The van der Waals surface area contributed by atoms with Crippen molar-refractivity contribution in [2.75, 3.05) is 7.11 Å². The van der Waals surface area contributed by atoms with E-state index in [9.17, 15) is 0 Å². The molecule has 1 rings (SSSR count). The Hall–Kier alpha value is -0.980. The summed E-state index contributed by atoms with van der Waals surface area (Å²) in [5.74, 6) is 2.59. The molecule has 0 aromatic rings. The summed E-state index contributed by atoms with van der Waals surface area (Å²) in [6.07, 6.45) is 5.07. The van der Waals surface area contributed by atoms with Gasteiger partial charge in [0.15, 0.2) is 5.76 Å². The van der Waals surface area contributed by atoms with E-state index in [4.69, 9.17) is 21.0 Å². The lowest BCUT2D eigenvalue weighted by molar-refractivity contribution is -0.122. The maximum Gasteiger partial charge on any atom is 0.230 e. The molecule has 0 aliphatic carbocycles. The second-order valence-electron chi connectivity index (χ2n) is 1.89. The Bertz CT molecular complexity index is 190. The zero-order valence-corrected chi connectivity index (χ0v) is 5.57. The Morgan fingerprint density at radius 3 is 2.90 bits per heavy atom. The molecule has 1 heterocycles. The summed E-state index contributed by atoms with van der Waals surface area (Å²) in [6.45, 7) is 0. The topological polar surface area (TPSA) is 38.7 Å². The molecule has 0 radical (unpaired) electrons. The van der Waals surface area contributed by atoms with Crippen molar-refractivity contribution in [3.63, 3.8) is 0 Å². The van der Waals surface area contributed by atoms with Gasteiger partial charge in [-0.25, -0.2) is 0 Å². The number of terminal acetylenes is 1. The molecule has 3 heteroatoms. The second kappa shape index (κ2) is 2.74. The second-order valence-corrected chi connectivity index (χ2v) is 1.89. The van der Waals surface area contributed by atoms with Crippen LogP contribution in [-0.4, -0.2) is 24.6 Å². The van der Waals surface area contributed by atoms with Crippen LogP contribution in [0.2, 0.25) is 0 Å². The van der Waals surface area contributed by atoms with E-state index in [1.54, 1.807) is 0 Å². The highest BCUT2D eigenvalue weighted by molar-refractivity contribution is 5.23. The van der Waals surface area contributed by atoms with Gasteiger partial charge < -0.3 is 14.6 Å². The number of aliphatic hydroxyl groups excluding tert-OH is 1. The zero-order chi connectivity index (χ0) is 7.56. The molecule has 1 N–H and O–H groups in total. The van der Waals surface area contributed by atoms with E-state index >= 15 is 0 Å². The predicted molar refractivity (Wildman–Crippen MR) is 34.8 cm³/mol. The molecule has 0 aromatic carbocycles. The van der Waals surface area contributed by atoms with E-state index in [1.165, 1.54) is 13.2 Å². The summed E-state index contributed by atoms with van der Waals surface area (Å²) in [7, 11) is 1.45. The summed E-state index contributed by atoms with van der Waals surface area (Å²) in [5, 5.41) is 9.07. The van der Waals surface area contributed by atoms with E-state index < -0.39 is 12.4 Å². The minimum atomic E-state index is -0.740. The molecular weight excluding hydrogens is 132 g/mol. The molecule has 1 aliphatic rings. The summed E-state index contributed by atoms with van der Waals surface area (Å²) >= 11 is 0. The molecule has 0 bridgehead atoms. The van der Waals surface area contributed by atoms with Crippen LogP contribution in [-0.2, 0) is 9.47 Å². The first-order chi connectivity index (χ1) is 4.77. The Morgan fingerprint density at radius 2 is 2.60 bits per heavy atom. The Labute approximate surface area is 59.3 Å². The van der Waals surface area contributed by atoms with Gasteiger partial charge in [0, 0.05) is 13.2 Å². The first kappa shape index (κ1) is 7.13. The van der Waals surface area contributed by atoms with E-state index in [0.717, 1.165) is 0 Å². The average Bonchev–Trinajstić information content (AvgIpc) is 2.30. The standard InChI is InChI=1S/C7H8O3/c1-3-5-4-6(8)7(9-2)10-5/h1,4,6-8H,2H3.